The highest BCUT2D eigenvalue weighted by Gasteiger charge is 2.42. The molecule has 0 fully saturated rings. The first-order valence-corrected chi connectivity index (χ1v) is 19.1. The van der Waals surface area contributed by atoms with Crippen LogP contribution in [0.4, 0.5) is 11.8 Å². The molecule has 7 aromatic rings. The van der Waals surface area contributed by atoms with E-state index in [1.54, 1.807) is 0 Å². The maximum atomic E-state index is 4.94. The van der Waals surface area contributed by atoms with Crippen molar-refractivity contribution in [3.63, 3.8) is 0 Å². The van der Waals surface area contributed by atoms with Gasteiger partial charge in [0, 0.05) is 43.5 Å². The minimum Gasteiger partial charge on any atom is -0.369 e. The number of unbranched alkanes of at least 4 members (excludes halogenated alkanes) is 1. The van der Waals surface area contributed by atoms with Crippen molar-refractivity contribution in [1.29, 1.82) is 0 Å². The number of nitrogens with one attached hydrogen (secondary N) is 1. The molecule has 0 aliphatic carbocycles. The number of aryl methyl sites for hydroxylation is 1. The highest BCUT2D eigenvalue weighted by molar-refractivity contribution is 5.81. The van der Waals surface area contributed by atoms with Crippen molar-refractivity contribution in [2.24, 2.45) is 0 Å². The lowest BCUT2D eigenvalue weighted by Crippen LogP contribution is -2.39. The Morgan fingerprint density at radius 3 is 1.84 bits per heavy atom. The Kier molecular flexibility index (Phi) is 11.7. The first kappa shape index (κ1) is 37.1. The van der Waals surface area contributed by atoms with Crippen molar-refractivity contribution in [1.82, 2.24) is 35.1 Å². The van der Waals surface area contributed by atoms with Crippen LogP contribution in [0.3, 0.4) is 0 Å². The van der Waals surface area contributed by atoms with Crippen LogP contribution in [0.1, 0.15) is 47.7 Å². The average Bonchev–Trinajstić information content (AvgIpc) is 3.71. The maximum absolute atomic E-state index is 4.94. The number of hydrogen-bond acceptors (Lipinski definition) is 8. The van der Waals surface area contributed by atoms with Crippen LogP contribution in [0.15, 0.2) is 146 Å². The van der Waals surface area contributed by atoms with Gasteiger partial charge in [0.05, 0.1) is 0 Å². The maximum Gasteiger partial charge on any atom is 0.227 e. The molecule has 1 N–H and O–H groups in total. The molecule has 0 radical (unpaired) electrons. The van der Waals surface area contributed by atoms with Crippen molar-refractivity contribution in [3.8, 4) is 22.5 Å². The summed E-state index contributed by atoms with van der Waals surface area (Å²) < 4.78 is 2.00. The minimum absolute atomic E-state index is 0.675. The molecule has 0 saturated carbocycles. The van der Waals surface area contributed by atoms with Gasteiger partial charge in [-0.25, -0.2) is 9.67 Å². The summed E-state index contributed by atoms with van der Waals surface area (Å²) in [6, 6.07) is 50.8. The zero-order valence-corrected chi connectivity index (χ0v) is 32.2. The van der Waals surface area contributed by atoms with Crippen LogP contribution in [0.5, 0.6) is 0 Å². The van der Waals surface area contributed by atoms with E-state index in [-0.39, 0.29) is 0 Å². The number of rotatable bonds is 16. The number of aromatic nitrogens is 6. The van der Waals surface area contributed by atoms with Crippen molar-refractivity contribution in [2.45, 2.75) is 38.8 Å². The van der Waals surface area contributed by atoms with Gasteiger partial charge in [0.1, 0.15) is 11.4 Å². The lowest BCUT2D eigenvalue weighted by Gasteiger charge is -2.36. The van der Waals surface area contributed by atoms with Gasteiger partial charge >= 0.3 is 0 Å². The second kappa shape index (κ2) is 17.3. The molecule has 0 unspecified atom stereocenters. The van der Waals surface area contributed by atoms with Gasteiger partial charge in [0.2, 0.25) is 5.95 Å². The van der Waals surface area contributed by atoms with E-state index >= 15 is 0 Å². The van der Waals surface area contributed by atoms with E-state index in [0.717, 1.165) is 83.3 Å². The smallest absolute Gasteiger partial charge is 0.227 e. The van der Waals surface area contributed by atoms with Crippen LogP contribution >= 0.6 is 0 Å². The summed E-state index contributed by atoms with van der Waals surface area (Å²) >= 11 is 0. The van der Waals surface area contributed by atoms with Gasteiger partial charge in [0.25, 0.3) is 0 Å². The summed E-state index contributed by atoms with van der Waals surface area (Å²) in [6.45, 7) is 7.57. The Hall–Kier alpha value is -6.19. The zero-order chi connectivity index (χ0) is 38.0. The molecule has 9 heteroatoms. The van der Waals surface area contributed by atoms with Crippen molar-refractivity contribution in [2.75, 3.05) is 43.9 Å². The summed E-state index contributed by atoms with van der Waals surface area (Å²) in [5, 5.41) is 17.4. The number of tetrazole rings is 1. The van der Waals surface area contributed by atoms with E-state index in [1.807, 2.05) is 35.9 Å². The summed E-state index contributed by atoms with van der Waals surface area (Å²) in [5.74, 6) is 2.28. The van der Waals surface area contributed by atoms with Gasteiger partial charge < -0.3 is 15.1 Å². The molecule has 0 amide bonds. The lowest BCUT2D eigenvalue weighted by molar-refractivity contribution is 0.425. The second-order valence-electron chi connectivity index (χ2n) is 14.2. The summed E-state index contributed by atoms with van der Waals surface area (Å²) in [5.41, 5.74) is 7.54. The van der Waals surface area contributed by atoms with Crippen LogP contribution in [-0.4, -0.2) is 68.8 Å². The zero-order valence-electron chi connectivity index (χ0n) is 32.2. The lowest BCUT2D eigenvalue weighted by atomic mass is 9.77. The summed E-state index contributed by atoms with van der Waals surface area (Å²) in [7, 11) is 4.15. The Morgan fingerprint density at radius 2 is 1.25 bits per heavy atom. The minimum atomic E-state index is -0.846. The average molecular weight is 728 g/mol. The fourth-order valence-electron chi connectivity index (χ4n) is 7.22. The van der Waals surface area contributed by atoms with Crippen molar-refractivity contribution in [3.05, 3.63) is 174 Å². The quantitative estimate of drug-likeness (QED) is 0.0990. The van der Waals surface area contributed by atoms with Crippen LogP contribution in [0, 0.1) is 6.92 Å². The molecule has 278 valence electrons. The highest BCUT2D eigenvalue weighted by atomic mass is 15.6. The van der Waals surface area contributed by atoms with Gasteiger partial charge in [-0.2, -0.15) is 4.98 Å². The van der Waals surface area contributed by atoms with Crippen LogP contribution in [0.25, 0.3) is 22.5 Å². The number of benzene rings is 5. The highest BCUT2D eigenvalue weighted by Crippen LogP contribution is 2.43. The monoisotopic (exact) mass is 727 g/mol. The fourth-order valence-corrected chi connectivity index (χ4v) is 7.22. The van der Waals surface area contributed by atoms with Crippen LogP contribution in [-0.2, 0) is 12.1 Å². The largest absolute Gasteiger partial charge is 0.369 e. The predicted octanol–water partition coefficient (Wildman–Crippen LogP) is 8.73. The van der Waals surface area contributed by atoms with E-state index in [4.69, 9.17) is 20.3 Å². The molecule has 0 spiro atoms. The molecule has 0 aliphatic heterocycles. The number of anilines is 2. The Balaban J connectivity index is 1.25. The third-order valence-electron chi connectivity index (χ3n) is 9.94. The predicted molar refractivity (Wildman–Crippen MR) is 223 cm³/mol. The molecule has 0 aliphatic rings. The van der Waals surface area contributed by atoms with Gasteiger partial charge in [-0.05, 0) is 71.2 Å². The van der Waals surface area contributed by atoms with E-state index < -0.39 is 5.54 Å². The molecule has 7 rings (SSSR count). The van der Waals surface area contributed by atoms with E-state index in [0.29, 0.717) is 12.4 Å². The first-order valence-electron chi connectivity index (χ1n) is 19.1. The summed E-state index contributed by atoms with van der Waals surface area (Å²) in [4.78, 5) is 14.3. The number of likely N-dealkylation sites (N-methyl/N-ethyl adjacent to an activating group) is 1. The molecule has 0 atom stereocenters. The normalized spacial score (nSPS) is 11.5. The molecule has 2 heterocycles. The first-order chi connectivity index (χ1) is 27.0. The van der Waals surface area contributed by atoms with Crippen molar-refractivity contribution < 1.29 is 0 Å². The van der Waals surface area contributed by atoms with Gasteiger partial charge in [-0.3, -0.25) is 0 Å². The Morgan fingerprint density at radius 1 is 0.673 bits per heavy atom. The third-order valence-corrected chi connectivity index (χ3v) is 9.94. The van der Waals surface area contributed by atoms with E-state index in [9.17, 15) is 0 Å². The SMILES string of the molecule is CCCCN(Cc1ccc(-c2ccccc2-c2nnnn2C(c2ccccc2)(c2ccccc2)c2ccccc2)cc1)c1nc(C)cc(NCCN(C)C)n1. The molecular formula is C46H49N9. The van der Waals surface area contributed by atoms with Gasteiger partial charge in [-0.1, -0.05) is 153 Å². The topological polar surface area (TPSA) is 87.9 Å². The van der Waals surface area contributed by atoms with E-state index in [2.05, 4.69) is 163 Å². The molecule has 9 nitrogen and oxygen atoms in total. The summed E-state index contributed by atoms with van der Waals surface area (Å²) in [6.07, 6.45) is 2.14. The van der Waals surface area contributed by atoms with Gasteiger partial charge in [-0.15, -0.1) is 5.10 Å². The van der Waals surface area contributed by atoms with E-state index in [1.165, 1.54) is 5.56 Å². The molecular weight excluding hydrogens is 679 g/mol. The third kappa shape index (κ3) is 8.17. The molecule has 0 bridgehead atoms. The van der Waals surface area contributed by atoms with Gasteiger partial charge in [0.15, 0.2) is 5.82 Å². The Bertz CT molecular complexity index is 2160. The molecule has 55 heavy (non-hydrogen) atoms. The number of nitrogens with zero attached hydrogens (tertiary/aromatic N) is 8. The van der Waals surface area contributed by atoms with Crippen molar-refractivity contribution >= 4 is 11.8 Å². The number of hydrogen-bond donors (Lipinski definition) is 1. The molecule has 2 aromatic heterocycles. The Labute approximate surface area is 324 Å². The fraction of sp³-hybridized carbons (Fsp3) is 0.239. The van der Waals surface area contributed by atoms with Crippen LogP contribution in [0.2, 0.25) is 0 Å². The van der Waals surface area contributed by atoms with Crippen LogP contribution < -0.4 is 10.2 Å². The molecule has 5 aromatic carbocycles. The second-order valence-corrected chi connectivity index (χ2v) is 14.2. The standard InChI is InChI=1S/C46H49N9/c1-5-6-31-54(45-48-35(2)33-43(49-45)47-30-32-53(3)4)34-36-26-28-37(29-27-36)41-24-16-17-25-42(41)44-50-51-52-55(44)46(38-18-10-7-11-19-38,39-20-12-8-13-21-39)40-22-14-9-15-23-40/h7-29,33H,5-6,30-32,34H2,1-4H3,(H,47,48,49). The molecule has 0 saturated heterocycles.